The van der Waals surface area contributed by atoms with Crippen molar-refractivity contribution in [2.45, 2.75) is 37.2 Å². The van der Waals surface area contributed by atoms with Crippen LogP contribution in [0.15, 0.2) is 52.9 Å². The summed E-state index contributed by atoms with van der Waals surface area (Å²) in [5.74, 6) is -0.0698. The lowest BCUT2D eigenvalue weighted by Gasteiger charge is -2.17. The Morgan fingerprint density at radius 3 is 2.71 bits per heavy atom. The van der Waals surface area contributed by atoms with E-state index >= 15 is 0 Å². The van der Waals surface area contributed by atoms with E-state index in [4.69, 9.17) is 0 Å². The van der Waals surface area contributed by atoms with Crippen molar-refractivity contribution in [1.29, 1.82) is 0 Å². The molecule has 0 bridgehead atoms. The average molecular weight is 418 g/mol. The summed E-state index contributed by atoms with van der Waals surface area (Å²) in [5, 5.41) is 5.76. The van der Waals surface area contributed by atoms with Gasteiger partial charge >= 0.3 is 0 Å². The van der Waals surface area contributed by atoms with Crippen LogP contribution < -0.4 is 5.32 Å². The number of carbonyl (C=O) groups is 1. The van der Waals surface area contributed by atoms with Crippen LogP contribution in [-0.2, 0) is 21.4 Å². The maximum Gasteiger partial charge on any atom is 0.243 e. The van der Waals surface area contributed by atoms with Crippen molar-refractivity contribution in [3.8, 4) is 0 Å². The Hall–Kier alpha value is -2.16. The molecule has 28 heavy (non-hydrogen) atoms. The van der Waals surface area contributed by atoms with Gasteiger partial charge in [-0.2, -0.15) is 4.31 Å². The van der Waals surface area contributed by atoms with Gasteiger partial charge in [0.05, 0.1) is 11.4 Å². The molecule has 2 aromatic heterocycles. The third-order valence-corrected chi connectivity index (χ3v) is 7.98. The van der Waals surface area contributed by atoms with Crippen LogP contribution in [-0.4, -0.2) is 36.3 Å². The number of carbonyl (C=O) groups excluding carboxylic acids is 1. The molecule has 0 unspecified atom stereocenters. The lowest BCUT2D eigenvalue weighted by molar-refractivity contribution is -0.123. The van der Waals surface area contributed by atoms with Gasteiger partial charge < -0.3 is 9.88 Å². The highest BCUT2D eigenvalue weighted by atomic mass is 32.2. The van der Waals surface area contributed by atoms with Crippen LogP contribution in [0.2, 0.25) is 0 Å². The van der Waals surface area contributed by atoms with E-state index in [0.717, 1.165) is 28.6 Å². The molecule has 1 fully saturated rings. The average Bonchev–Trinajstić information content (AvgIpc) is 3.46. The van der Waals surface area contributed by atoms with E-state index in [0.29, 0.717) is 24.5 Å². The molecule has 1 aliphatic heterocycles. The number of benzene rings is 1. The second-order valence-electron chi connectivity index (χ2n) is 7.03. The number of sulfonamides is 1. The fourth-order valence-corrected chi connectivity index (χ4v) is 5.78. The van der Waals surface area contributed by atoms with Gasteiger partial charge in [0, 0.05) is 35.1 Å². The van der Waals surface area contributed by atoms with Crippen molar-refractivity contribution >= 4 is 38.2 Å². The number of hydrogen-bond donors (Lipinski definition) is 1. The highest BCUT2D eigenvalue weighted by Crippen LogP contribution is 2.27. The molecule has 1 aliphatic rings. The molecular weight excluding hydrogens is 394 g/mol. The molecule has 1 N–H and O–H groups in total. The predicted molar refractivity (Wildman–Crippen MR) is 111 cm³/mol. The highest BCUT2D eigenvalue weighted by molar-refractivity contribution is 7.89. The van der Waals surface area contributed by atoms with Crippen LogP contribution >= 0.6 is 11.3 Å². The molecule has 4 rings (SSSR count). The van der Waals surface area contributed by atoms with Crippen LogP contribution in [0.1, 0.15) is 30.7 Å². The molecule has 1 amide bonds. The Bertz CT molecular complexity index is 1080. The van der Waals surface area contributed by atoms with Gasteiger partial charge in [-0.3, -0.25) is 4.79 Å². The lowest BCUT2D eigenvalue weighted by atomic mass is 10.2. The molecule has 8 heteroatoms. The normalized spacial score (nSPS) is 16.5. The van der Waals surface area contributed by atoms with Gasteiger partial charge in [0.1, 0.15) is 6.04 Å². The fraction of sp³-hybridized carbons (Fsp3) is 0.350. The number of thiophene rings is 1. The molecule has 1 saturated heterocycles. The standard InChI is InChI=1S/C20H23N3O3S2/c1-15(20(24)21-14-17-5-4-12-27-17)23-11-8-16-13-18(6-7-19(16)23)28(25,26)22-9-2-3-10-22/h4-8,11-13,15H,2-3,9-10,14H2,1H3,(H,21,24)/t15-/m0/s1. The van der Waals surface area contributed by atoms with Crippen LogP contribution in [0.4, 0.5) is 0 Å². The molecule has 0 aliphatic carbocycles. The first-order valence-electron chi connectivity index (χ1n) is 9.37. The number of nitrogens with zero attached hydrogens (tertiary/aromatic N) is 2. The van der Waals surface area contributed by atoms with E-state index in [1.165, 1.54) is 0 Å². The zero-order valence-corrected chi connectivity index (χ0v) is 17.3. The number of aromatic nitrogens is 1. The summed E-state index contributed by atoms with van der Waals surface area (Å²) in [6.07, 6.45) is 3.66. The van der Waals surface area contributed by atoms with Crippen molar-refractivity contribution in [1.82, 2.24) is 14.2 Å². The summed E-state index contributed by atoms with van der Waals surface area (Å²) < 4.78 is 29.0. The molecule has 0 spiro atoms. The third-order valence-electron chi connectivity index (χ3n) is 5.21. The number of nitrogens with one attached hydrogen (secondary N) is 1. The minimum atomic E-state index is -3.45. The fourth-order valence-electron chi connectivity index (χ4n) is 3.58. The van der Waals surface area contributed by atoms with Crippen LogP contribution in [0.25, 0.3) is 10.9 Å². The molecular formula is C20H23N3O3S2. The number of amides is 1. The molecule has 3 aromatic rings. The third kappa shape index (κ3) is 3.59. The molecule has 6 nitrogen and oxygen atoms in total. The van der Waals surface area contributed by atoms with E-state index in [-0.39, 0.29) is 5.91 Å². The summed E-state index contributed by atoms with van der Waals surface area (Å²) in [4.78, 5) is 14.0. The van der Waals surface area contributed by atoms with Crippen molar-refractivity contribution in [3.05, 3.63) is 52.9 Å². The molecule has 1 aromatic carbocycles. The molecule has 0 radical (unpaired) electrons. The van der Waals surface area contributed by atoms with E-state index in [2.05, 4.69) is 5.32 Å². The van der Waals surface area contributed by atoms with E-state index in [9.17, 15) is 13.2 Å². The first-order valence-corrected chi connectivity index (χ1v) is 11.7. The number of rotatable bonds is 6. The smallest absolute Gasteiger partial charge is 0.243 e. The topological polar surface area (TPSA) is 71.4 Å². The van der Waals surface area contributed by atoms with Gasteiger partial charge in [0.15, 0.2) is 0 Å². The Morgan fingerprint density at radius 1 is 1.21 bits per heavy atom. The Morgan fingerprint density at radius 2 is 2.00 bits per heavy atom. The van der Waals surface area contributed by atoms with E-state index in [1.807, 2.05) is 41.3 Å². The first kappa shape index (κ1) is 19.2. The van der Waals surface area contributed by atoms with Crippen molar-refractivity contribution < 1.29 is 13.2 Å². The highest BCUT2D eigenvalue weighted by Gasteiger charge is 2.27. The minimum absolute atomic E-state index is 0.0698. The predicted octanol–water partition coefficient (Wildman–Crippen LogP) is 3.36. The van der Waals surface area contributed by atoms with Gasteiger partial charge in [-0.15, -0.1) is 11.3 Å². The SMILES string of the molecule is C[C@@H](C(=O)NCc1cccs1)n1ccc2cc(S(=O)(=O)N3CCCC3)ccc21. The summed E-state index contributed by atoms with van der Waals surface area (Å²) in [6, 6.07) is 10.6. The maximum absolute atomic E-state index is 12.8. The summed E-state index contributed by atoms with van der Waals surface area (Å²) in [5.41, 5.74) is 0.846. The number of fused-ring (bicyclic) bond motifs is 1. The monoisotopic (exact) mass is 417 g/mol. The van der Waals surface area contributed by atoms with Gasteiger partial charge in [-0.1, -0.05) is 6.07 Å². The summed E-state index contributed by atoms with van der Waals surface area (Å²) in [7, 11) is -3.45. The lowest BCUT2D eigenvalue weighted by Crippen LogP contribution is -2.30. The van der Waals surface area contributed by atoms with E-state index in [1.54, 1.807) is 33.8 Å². The first-order chi connectivity index (χ1) is 13.5. The summed E-state index contributed by atoms with van der Waals surface area (Å²) in [6.45, 7) is 3.53. The van der Waals surface area contributed by atoms with Gasteiger partial charge in [-0.25, -0.2) is 8.42 Å². The van der Waals surface area contributed by atoms with Crippen molar-refractivity contribution in [2.75, 3.05) is 13.1 Å². The zero-order chi connectivity index (χ0) is 19.7. The largest absolute Gasteiger partial charge is 0.349 e. The Kier molecular flexibility index (Phi) is 5.27. The van der Waals surface area contributed by atoms with Crippen molar-refractivity contribution in [2.24, 2.45) is 0 Å². The summed E-state index contributed by atoms with van der Waals surface area (Å²) >= 11 is 1.61. The van der Waals surface area contributed by atoms with Crippen molar-refractivity contribution in [3.63, 3.8) is 0 Å². The molecule has 1 atom stereocenters. The van der Waals surface area contributed by atoms with Gasteiger partial charge in [-0.05, 0) is 55.5 Å². The van der Waals surface area contributed by atoms with Crippen LogP contribution in [0, 0.1) is 0 Å². The second-order valence-corrected chi connectivity index (χ2v) is 10.00. The van der Waals surface area contributed by atoms with Gasteiger partial charge in [0.2, 0.25) is 15.9 Å². The molecule has 0 saturated carbocycles. The van der Waals surface area contributed by atoms with Gasteiger partial charge in [0.25, 0.3) is 0 Å². The minimum Gasteiger partial charge on any atom is -0.349 e. The maximum atomic E-state index is 12.8. The Labute approximate surface area is 168 Å². The number of hydrogen-bond acceptors (Lipinski definition) is 4. The van der Waals surface area contributed by atoms with Crippen LogP contribution in [0.3, 0.4) is 0 Å². The molecule has 3 heterocycles. The second kappa shape index (κ2) is 7.69. The Balaban J connectivity index is 1.55. The zero-order valence-electron chi connectivity index (χ0n) is 15.7. The quantitative estimate of drug-likeness (QED) is 0.668. The van der Waals surface area contributed by atoms with Crippen LogP contribution in [0.5, 0.6) is 0 Å². The van der Waals surface area contributed by atoms with E-state index < -0.39 is 16.1 Å². The molecule has 148 valence electrons.